The van der Waals surface area contributed by atoms with Crippen molar-refractivity contribution in [3.05, 3.63) is 216 Å². The quantitative estimate of drug-likeness (QED) is 0.152. The van der Waals surface area contributed by atoms with Gasteiger partial charge in [0.05, 0.1) is 17.1 Å². The summed E-state index contributed by atoms with van der Waals surface area (Å²) >= 11 is 0. The van der Waals surface area contributed by atoms with Crippen LogP contribution in [-0.4, -0.2) is 0 Å². The Morgan fingerprint density at radius 1 is 0.377 bits per heavy atom. The SMILES string of the molecule is CC(C)c1ccc(N(c2ccc3cc4c(cc3c2)C(C)(C)c2cc(N(c3ccc(C(C)C)cc3)c3cccc5c3oc3ccccc35)c3ccccc3c2-4)c2cccc3c2oc2ccccc23)cc1. The summed E-state index contributed by atoms with van der Waals surface area (Å²) in [4.78, 5) is 4.80. The van der Waals surface area contributed by atoms with Gasteiger partial charge in [0.25, 0.3) is 0 Å². The van der Waals surface area contributed by atoms with Gasteiger partial charge in [0.15, 0.2) is 11.2 Å². The molecular weight excluding hydrogens is 841 g/mol. The Labute approximate surface area is 402 Å². The van der Waals surface area contributed by atoms with Gasteiger partial charge in [-0.25, -0.2) is 0 Å². The molecule has 4 nitrogen and oxygen atoms in total. The summed E-state index contributed by atoms with van der Waals surface area (Å²) in [6, 6.07) is 71.2. The van der Waals surface area contributed by atoms with Crippen LogP contribution in [0.15, 0.2) is 203 Å². The number of hydrogen-bond acceptors (Lipinski definition) is 4. The number of anilines is 6. The zero-order valence-corrected chi connectivity index (χ0v) is 39.8. The van der Waals surface area contributed by atoms with Crippen molar-refractivity contribution in [1.82, 2.24) is 0 Å². The molecule has 0 saturated carbocycles. The van der Waals surface area contributed by atoms with Gasteiger partial charge in [0, 0.05) is 49.4 Å². The molecule has 69 heavy (non-hydrogen) atoms. The van der Waals surface area contributed by atoms with Crippen LogP contribution in [0, 0.1) is 0 Å². The van der Waals surface area contributed by atoms with Crippen molar-refractivity contribution in [2.45, 2.75) is 58.8 Å². The van der Waals surface area contributed by atoms with Crippen LogP contribution in [0.5, 0.6) is 0 Å². The van der Waals surface area contributed by atoms with Crippen LogP contribution in [0.3, 0.4) is 0 Å². The monoisotopic (exact) mass is 892 g/mol. The van der Waals surface area contributed by atoms with Crippen LogP contribution >= 0.6 is 0 Å². The van der Waals surface area contributed by atoms with E-state index in [-0.39, 0.29) is 5.41 Å². The van der Waals surface area contributed by atoms with Gasteiger partial charge >= 0.3 is 0 Å². The lowest BCUT2D eigenvalue weighted by Crippen LogP contribution is -2.17. The molecule has 0 N–H and O–H groups in total. The van der Waals surface area contributed by atoms with Crippen molar-refractivity contribution in [3.8, 4) is 11.1 Å². The third-order valence-electron chi connectivity index (χ3n) is 15.0. The standard InChI is InChI=1S/C65H52N2O2/c1-39(2)41-25-30-45(31-26-41)66(57-21-13-19-52-49-16-9-11-23-60(49)68-63(52)57)47-34-29-43-36-54-55(37-44(43)35-47)65(5,6)56-38-59(48-15-7-8-18-51(48)62(54)56)67(46-32-27-42(28-33-46)40(3)4)58-22-14-20-53-50-17-10-12-24-61(50)69-64(53)58/h7-40H,1-6H3. The molecule has 0 aliphatic heterocycles. The summed E-state index contributed by atoms with van der Waals surface area (Å²) in [5, 5.41) is 9.28. The van der Waals surface area contributed by atoms with Crippen molar-refractivity contribution >= 4 is 99.5 Å². The minimum absolute atomic E-state index is 0.321. The van der Waals surface area contributed by atoms with Crippen LogP contribution in [0.1, 0.15) is 75.6 Å². The van der Waals surface area contributed by atoms with Crippen molar-refractivity contribution < 1.29 is 8.83 Å². The first-order valence-electron chi connectivity index (χ1n) is 24.4. The maximum atomic E-state index is 6.79. The zero-order valence-electron chi connectivity index (χ0n) is 39.8. The van der Waals surface area contributed by atoms with Crippen molar-refractivity contribution in [3.63, 3.8) is 0 Å². The van der Waals surface area contributed by atoms with E-state index >= 15 is 0 Å². The predicted molar refractivity (Wildman–Crippen MR) is 291 cm³/mol. The minimum atomic E-state index is -0.321. The fraction of sp³-hybridized carbons (Fsp3) is 0.138. The van der Waals surface area contributed by atoms with Crippen LogP contribution in [-0.2, 0) is 5.41 Å². The Hall–Kier alpha value is -8.08. The highest BCUT2D eigenvalue weighted by Crippen LogP contribution is 2.56. The fourth-order valence-electron chi connectivity index (χ4n) is 11.3. The number of rotatable bonds is 8. The smallest absolute Gasteiger partial charge is 0.159 e. The first-order chi connectivity index (χ1) is 33.6. The molecule has 2 heterocycles. The minimum Gasteiger partial charge on any atom is -0.454 e. The molecule has 0 spiro atoms. The van der Waals surface area contributed by atoms with Gasteiger partial charge in [-0.1, -0.05) is 157 Å². The van der Waals surface area contributed by atoms with Crippen molar-refractivity contribution in [2.24, 2.45) is 0 Å². The lowest BCUT2D eigenvalue weighted by atomic mass is 9.81. The van der Waals surface area contributed by atoms with Gasteiger partial charge in [0.2, 0.25) is 0 Å². The van der Waals surface area contributed by atoms with Gasteiger partial charge in [-0.3, -0.25) is 0 Å². The van der Waals surface area contributed by atoms with E-state index < -0.39 is 0 Å². The van der Waals surface area contributed by atoms with Crippen LogP contribution < -0.4 is 9.80 Å². The Morgan fingerprint density at radius 3 is 1.45 bits per heavy atom. The third kappa shape index (κ3) is 6.35. The molecule has 0 fully saturated rings. The summed E-state index contributed by atoms with van der Waals surface area (Å²) in [5.41, 5.74) is 17.5. The normalized spacial score (nSPS) is 13.2. The lowest BCUT2D eigenvalue weighted by Gasteiger charge is -2.30. The third-order valence-corrected chi connectivity index (χ3v) is 15.0. The molecule has 1 aliphatic carbocycles. The second-order valence-electron chi connectivity index (χ2n) is 20.1. The van der Waals surface area contributed by atoms with Gasteiger partial charge in [0.1, 0.15) is 11.2 Å². The molecule has 0 unspecified atom stereocenters. The van der Waals surface area contributed by atoms with E-state index in [1.54, 1.807) is 0 Å². The zero-order chi connectivity index (χ0) is 46.7. The Bertz CT molecular complexity index is 4000. The second-order valence-corrected chi connectivity index (χ2v) is 20.1. The number of furan rings is 2. The number of nitrogens with zero attached hydrogens (tertiary/aromatic N) is 2. The topological polar surface area (TPSA) is 32.8 Å². The molecule has 0 atom stereocenters. The summed E-state index contributed by atoms with van der Waals surface area (Å²) in [5.74, 6) is 0.850. The number of benzene rings is 10. The lowest BCUT2D eigenvalue weighted by molar-refractivity contribution is 0.661. The molecule has 0 bridgehead atoms. The number of fused-ring (bicyclic) bond motifs is 12. The average molecular weight is 893 g/mol. The van der Waals surface area contributed by atoms with Crippen LogP contribution in [0.2, 0.25) is 0 Å². The molecule has 4 heteroatoms. The number of para-hydroxylation sites is 4. The van der Waals surface area contributed by atoms with Gasteiger partial charge in [-0.05, 0) is 140 Å². The summed E-state index contributed by atoms with van der Waals surface area (Å²) in [7, 11) is 0. The Balaban J connectivity index is 0.999. The predicted octanol–water partition coefficient (Wildman–Crippen LogP) is 19.3. The Morgan fingerprint density at radius 2 is 0.870 bits per heavy atom. The molecule has 334 valence electrons. The van der Waals surface area contributed by atoms with E-state index in [0.29, 0.717) is 11.8 Å². The largest absolute Gasteiger partial charge is 0.454 e. The van der Waals surface area contributed by atoms with E-state index in [1.807, 2.05) is 6.07 Å². The van der Waals surface area contributed by atoms with Crippen molar-refractivity contribution in [2.75, 3.05) is 9.80 Å². The molecule has 0 amide bonds. The highest BCUT2D eigenvalue weighted by atomic mass is 16.3. The summed E-state index contributed by atoms with van der Waals surface area (Å²) < 4.78 is 13.5. The van der Waals surface area contributed by atoms with Crippen LogP contribution in [0.25, 0.3) is 76.5 Å². The van der Waals surface area contributed by atoms with Gasteiger partial charge in [-0.2, -0.15) is 0 Å². The molecule has 10 aromatic carbocycles. The molecule has 1 aliphatic rings. The van der Waals surface area contributed by atoms with E-state index in [1.165, 1.54) is 54.9 Å². The molecule has 0 radical (unpaired) electrons. The fourth-order valence-corrected chi connectivity index (χ4v) is 11.3. The highest BCUT2D eigenvalue weighted by Gasteiger charge is 2.39. The summed E-state index contributed by atoms with van der Waals surface area (Å²) in [6.45, 7) is 13.8. The van der Waals surface area contributed by atoms with E-state index in [4.69, 9.17) is 8.83 Å². The van der Waals surface area contributed by atoms with Gasteiger partial charge < -0.3 is 18.6 Å². The van der Waals surface area contributed by atoms with Crippen LogP contribution in [0.4, 0.5) is 34.1 Å². The van der Waals surface area contributed by atoms with E-state index in [2.05, 4.69) is 239 Å². The maximum absolute atomic E-state index is 6.79. The maximum Gasteiger partial charge on any atom is 0.159 e. The van der Waals surface area contributed by atoms with E-state index in [0.717, 1.165) is 78.0 Å². The Kier molecular flexibility index (Phi) is 9.23. The average Bonchev–Trinajstić information content (AvgIpc) is 4.02. The summed E-state index contributed by atoms with van der Waals surface area (Å²) in [6.07, 6.45) is 0. The first kappa shape index (κ1) is 41.1. The van der Waals surface area contributed by atoms with E-state index in [9.17, 15) is 0 Å². The molecule has 13 rings (SSSR count). The first-order valence-corrected chi connectivity index (χ1v) is 24.4. The molecular formula is C65H52N2O2. The molecule has 12 aromatic rings. The highest BCUT2D eigenvalue weighted by molar-refractivity contribution is 6.15. The molecule has 0 saturated heterocycles. The van der Waals surface area contributed by atoms with Gasteiger partial charge in [-0.15, -0.1) is 0 Å². The van der Waals surface area contributed by atoms with Crippen molar-refractivity contribution in [1.29, 1.82) is 0 Å². The second kappa shape index (κ2) is 15.5. The number of hydrogen-bond donors (Lipinski definition) is 0. The molecule has 2 aromatic heterocycles.